The van der Waals surface area contributed by atoms with Crippen molar-refractivity contribution in [3.8, 4) is 11.5 Å². The Morgan fingerprint density at radius 3 is 2.07 bits per heavy atom. The van der Waals surface area contributed by atoms with Crippen molar-refractivity contribution in [1.29, 1.82) is 0 Å². The number of benzene rings is 2. The molecule has 0 bridgehead atoms. The van der Waals surface area contributed by atoms with Crippen LogP contribution in [0.15, 0.2) is 42.5 Å². The predicted octanol–water partition coefficient (Wildman–Crippen LogP) is 2.09. The van der Waals surface area contributed by atoms with Crippen LogP contribution in [0.5, 0.6) is 11.5 Å². The number of ether oxygens (including phenoxy) is 2. The van der Waals surface area contributed by atoms with Crippen molar-refractivity contribution in [1.82, 2.24) is 5.32 Å². The summed E-state index contributed by atoms with van der Waals surface area (Å²) in [7, 11) is 3.07. The normalized spacial score (nSPS) is 19.5. The van der Waals surface area contributed by atoms with Crippen molar-refractivity contribution in [2.45, 2.75) is 31.3 Å². The highest BCUT2D eigenvalue weighted by Crippen LogP contribution is 2.32. The van der Waals surface area contributed by atoms with Gasteiger partial charge < -0.3 is 14.8 Å². The van der Waals surface area contributed by atoms with Gasteiger partial charge in [0.2, 0.25) is 5.91 Å². The number of rotatable bonds is 5. The molecule has 2 aromatic rings. The van der Waals surface area contributed by atoms with E-state index in [0.29, 0.717) is 17.2 Å². The maximum atomic E-state index is 12.9. The summed E-state index contributed by atoms with van der Waals surface area (Å²) in [5, 5.41) is 3.39. The molecule has 1 unspecified atom stereocenters. The second-order valence-electron chi connectivity index (χ2n) is 6.94. The number of anilines is 1. The van der Waals surface area contributed by atoms with E-state index in [0.717, 1.165) is 12.8 Å². The van der Waals surface area contributed by atoms with Gasteiger partial charge in [0.1, 0.15) is 11.5 Å². The highest BCUT2D eigenvalue weighted by molar-refractivity contribution is 6.22. The van der Waals surface area contributed by atoms with Crippen LogP contribution in [0, 0.1) is 0 Å². The van der Waals surface area contributed by atoms with E-state index in [1.165, 1.54) is 30.2 Å². The molecule has 2 aliphatic rings. The molecule has 2 amide bonds. The van der Waals surface area contributed by atoms with E-state index >= 15 is 0 Å². The maximum absolute atomic E-state index is 12.9. The molecule has 6 nitrogen and oxygen atoms in total. The summed E-state index contributed by atoms with van der Waals surface area (Å²) in [6.07, 6.45) is 1.91. The average Bonchev–Trinajstić information content (AvgIpc) is 3.21. The lowest BCUT2D eigenvalue weighted by Crippen LogP contribution is -2.44. The molecule has 0 saturated carbocycles. The smallest absolute Gasteiger partial charge is 0.251 e. The summed E-state index contributed by atoms with van der Waals surface area (Å²) in [5.74, 6) is 0.620. The number of carbonyl (C=O) groups is 2. The van der Waals surface area contributed by atoms with Crippen LogP contribution in [-0.4, -0.2) is 38.1 Å². The van der Waals surface area contributed by atoms with Gasteiger partial charge in [0.25, 0.3) is 5.91 Å². The van der Waals surface area contributed by atoms with Crippen LogP contribution in [0.3, 0.4) is 0 Å². The van der Waals surface area contributed by atoms with Crippen LogP contribution in [0.25, 0.3) is 0 Å². The quantitative estimate of drug-likeness (QED) is 0.821. The minimum atomic E-state index is -0.506. The van der Waals surface area contributed by atoms with Crippen LogP contribution in [-0.2, 0) is 22.4 Å². The second-order valence-corrected chi connectivity index (χ2v) is 6.94. The van der Waals surface area contributed by atoms with Gasteiger partial charge in [0.05, 0.1) is 32.4 Å². The summed E-state index contributed by atoms with van der Waals surface area (Å²) < 4.78 is 10.5. The topological polar surface area (TPSA) is 67.9 Å². The van der Waals surface area contributed by atoms with E-state index in [1.54, 1.807) is 18.2 Å². The Morgan fingerprint density at radius 2 is 1.52 bits per heavy atom. The van der Waals surface area contributed by atoms with Gasteiger partial charge in [-0.1, -0.05) is 24.3 Å². The number of nitrogens with zero attached hydrogens (tertiary/aromatic N) is 1. The van der Waals surface area contributed by atoms with Gasteiger partial charge in [-0.05, 0) is 24.0 Å². The number of hydrogen-bond donors (Lipinski definition) is 1. The molecule has 0 aromatic heterocycles. The molecule has 0 radical (unpaired) electrons. The first kappa shape index (κ1) is 17.5. The van der Waals surface area contributed by atoms with E-state index in [9.17, 15) is 9.59 Å². The minimum Gasteiger partial charge on any atom is -0.497 e. The molecule has 1 saturated heterocycles. The summed E-state index contributed by atoms with van der Waals surface area (Å²) in [6.45, 7) is 0. The molecule has 1 N–H and O–H groups in total. The fraction of sp³-hybridized carbons (Fsp3) is 0.333. The molecule has 6 heteroatoms. The van der Waals surface area contributed by atoms with Gasteiger partial charge in [0, 0.05) is 24.2 Å². The standard InChI is InChI=1S/C21H22N2O4/c1-26-17-9-16(10-18(11-17)27-2)23-20(24)12-19(21(23)25)22-15-7-13-5-3-4-6-14(13)8-15/h3-6,9-11,15,19,22H,7-8,12H2,1-2H3. The van der Waals surface area contributed by atoms with Gasteiger partial charge in [-0.2, -0.15) is 0 Å². The Hall–Kier alpha value is -2.86. The van der Waals surface area contributed by atoms with Crippen molar-refractivity contribution in [2.75, 3.05) is 19.1 Å². The minimum absolute atomic E-state index is 0.158. The van der Waals surface area contributed by atoms with E-state index < -0.39 is 6.04 Å². The largest absolute Gasteiger partial charge is 0.497 e. The molecule has 140 valence electrons. The van der Waals surface area contributed by atoms with Crippen molar-refractivity contribution >= 4 is 17.5 Å². The molecule has 2 aromatic carbocycles. The fourth-order valence-corrected chi connectivity index (χ4v) is 3.92. The molecule has 4 rings (SSSR count). The van der Waals surface area contributed by atoms with Gasteiger partial charge in [0.15, 0.2) is 0 Å². The van der Waals surface area contributed by atoms with Gasteiger partial charge >= 0.3 is 0 Å². The van der Waals surface area contributed by atoms with Crippen LogP contribution < -0.4 is 19.7 Å². The molecule has 1 heterocycles. The zero-order valence-corrected chi connectivity index (χ0v) is 15.4. The predicted molar refractivity (Wildman–Crippen MR) is 101 cm³/mol. The maximum Gasteiger partial charge on any atom is 0.251 e. The molecule has 1 aliphatic heterocycles. The first-order valence-corrected chi connectivity index (χ1v) is 9.01. The first-order valence-electron chi connectivity index (χ1n) is 9.01. The Bertz CT molecular complexity index is 848. The Balaban J connectivity index is 1.51. The SMILES string of the molecule is COc1cc(OC)cc(N2C(=O)CC(NC3Cc4ccccc4C3)C2=O)c1. The zero-order chi connectivity index (χ0) is 19.0. The van der Waals surface area contributed by atoms with E-state index in [1.807, 2.05) is 12.1 Å². The van der Waals surface area contributed by atoms with Crippen molar-refractivity contribution < 1.29 is 19.1 Å². The summed E-state index contributed by atoms with van der Waals surface area (Å²) in [6, 6.07) is 13.0. The van der Waals surface area contributed by atoms with E-state index in [-0.39, 0.29) is 24.3 Å². The Kier molecular flexibility index (Phi) is 4.58. The Labute approximate surface area is 158 Å². The number of hydrogen-bond acceptors (Lipinski definition) is 5. The molecule has 0 spiro atoms. The van der Waals surface area contributed by atoms with Gasteiger partial charge in [-0.25, -0.2) is 4.90 Å². The highest BCUT2D eigenvalue weighted by atomic mass is 16.5. The monoisotopic (exact) mass is 366 g/mol. The molecular formula is C21H22N2O4. The van der Waals surface area contributed by atoms with Crippen LogP contribution in [0.2, 0.25) is 0 Å². The van der Waals surface area contributed by atoms with Crippen molar-refractivity contribution in [3.63, 3.8) is 0 Å². The van der Waals surface area contributed by atoms with Crippen LogP contribution >= 0.6 is 0 Å². The summed E-state index contributed by atoms with van der Waals surface area (Å²) in [5.41, 5.74) is 3.09. The van der Waals surface area contributed by atoms with Crippen LogP contribution in [0.4, 0.5) is 5.69 Å². The van der Waals surface area contributed by atoms with Gasteiger partial charge in [-0.15, -0.1) is 0 Å². The van der Waals surface area contributed by atoms with E-state index in [2.05, 4.69) is 17.4 Å². The third-order valence-electron chi connectivity index (χ3n) is 5.23. The number of carbonyl (C=O) groups excluding carboxylic acids is 2. The number of imide groups is 1. The molecule has 1 fully saturated rings. The Morgan fingerprint density at radius 1 is 0.926 bits per heavy atom. The molecule has 1 aliphatic carbocycles. The molecule has 1 atom stereocenters. The van der Waals surface area contributed by atoms with E-state index in [4.69, 9.17) is 9.47 Å². The number of nitrogens with one attached hydrogen (secondary N) is 1. The number of fused-ring (bicyclic) bond motifs is 1. The zero-order valence-electron chi connectivity index (χ0n) is 15.4. The molecule has 27 heavy (non-hydrogen) atoms. The lowest BCUT2D eigenvalue weighted by Gasteiger charge is -2.19. The van der Waals surface area contributed by atoms with Crippen molar-refractivity contribution in [3.05, 3.63) is 53.6 Å². The van der Waals surface area contributed by atoms with Gasteiger partial charge in [-0.3, -0.25) is 9.59 Å². The lowest BCUT2D eigenvalue weighted by atomic mass is 10.1. The van der Waals surface area contributed by atoms with Crippen molar-refractivity contribution in [2.24, 2.45) is 0 Å². The number of amides is 2. The first-order chi connectivity index (χ1) is 13.1. The summed E-state index contributed by atoms with van der Waals surface area (Å²) >= 11 is 0. The highest BCUT2D eigenvalue weighted by Gasteiger charge is 2.41. The fourth-order valence-electron chi connectivity index (χ4n) is 3.92. The number of methoxy groups -OCH3 is 2. The second kappa shape index (κ2) is 7.04. The summed E-state index contributed by atoms with van der Waals surface area (Å²) in [4.78, 5) is 26.7. The third kappa shape index (κ3) is 3.28. The van der Waals surface area contributed by atoms with Crippen LogP contribution in [0.1, 0.15) is 17.5 Å². The third-order valence-corrected chi connectivity index (χ3v) is 5.23. The molecular weight excluding hydrogens is 344 g/mol. The lowest BCUT2D eigenvalue weighted by molar-refractivity contribution is -0.121. The average molecular weight is 366 g/mol.